The third kappa shape index (κ3) is 5.46. The number of nitrogens with one attached hydrogen (secondary N) is 1. The van der Waals surface area contributed by atoms with E-state index in [1.165, 1.54) is 12.4 Å². The summed E-state index contributed by atoms with van der Waals surface area (Å²) in [6.45, 7) is 6.96. The molecule has 0 aliphatic carbocycles. The molecular formula is C25H27N5O2S. The Hall–Kier alpha value is -3.52. The molecule has 0 aliphatic heterocycles. The van der Waals surface area contributed by atoms with Crippen molar-refractivity contribution in [3.63, 3.8) is 0 Å². The zero-order valence-electron chi connectivity index (χ0n) is 18.9. The highest BCUT2D eigenvalue weighted by molar-refractivity contribution is 7.92. The minimum Gasteiger partial charge on any atom is -0.331 e. The number of imidazole rings is 1. The van der Waals surface area contributed by atoms with Crippen molar-refractivity contribution in [1.29, 1.82) is 0 Å². The van der Waals surface area contributed by atoms with Crippen molar-refractivity contribution in [2.24, 2.45) is 5.92 Å². The molecule has 0 unspecified atom stereocenters. The number of aromatic nitrogens is 4. The van der Waals surface area contributed by atoms with Gasteiger partial charge in [-0.1, -0.05) is 44.2 Å². The van der Waals surface area contributed by atoms with Crippen molar-refractivity contribution in [1.82, 2.24) is 19.5 Å². The molecule has 2 aromatic carbocycles. The fraction of sp³-hybridized carbons (Fsp3) is 0.240. The lowest BCUT2D eigenvalue weighted by atomic mass is 9.97. The van der Waals surface area contributed by atoms with Crippen LogP contribution in [0.2, 0.25) is 0 Å². The molecule has 2 aromatic heterocycles. The summed E-state index contributed by atoms with van der Waals surface area (Å²) in [5.41, 5.74) is 3.69. The Morgan fingerprint density at radius 2 is 1.64 bits per heavy atom. The van der Waals surface area contributed by atoms with Crippen LogP contribution in [0.25, 0.3) is 11.1 Å². The third-order valence-electron chi connectivity index (χ3n) is 5.31. The normalized spacial score (nSPS) is 11.6. The first-order chi connectivity index (χ1) is 15.8. The first-order valence-electron chi connectivity index (χ1n) is 10.8. The Labute approximate surface area is 194 Å². The number of nitrogens with zero attached hydrogens (tertiary/aromatic N) is 4. The fourth-order valence-corrected chi connectivity index (χ4v) is 4.89. The first kappa shape index (κ1) is 22.7. The Morgan fingerprint density at radius 1 is 0.939 bits per heavy atom. The summed E-state index contributed by atoms with van der Waals surface area (Å²) in [6.07, 6.45) is 7.59. The van der Waals surface area contributed by atoms with Gasteiger partial charge in [0.25, 0.3) is 10.0 Å². The predicted molar refractivity (Wildman–Crippen MR) is 129 cm³/mol. The Kier molecular flexibility index (Phi) is 6.55. The summed E-state index contributed by atoms with van der Waals surface area (Å²) >= 11 is 0. The van der Waals surface area contributed by atoms with Gasteiger partial charge in [-0.15, -0.1) is 0 Å². The van der Waals surface area contributed by atoms with Gasteiger partial charge in [-0.2, -0.15) is 0 Å². The van der Waals surface area contributed by atoms with Crippen LogP contribution in [0.4, 0.5) is 5.95 Å². The van der Waals surface area contributed by atoms with Gasteiger partial charge in [0, 0.05) is 36.9 Å². The van der Waals surface area contributed by atoms with Crippen LogP contribution in [0.15, 0.2) is 78.2 Å². The second-order valence-electron chi connectivity index (χ2n) is 8.41. The Morgan fingerprint density at radius 3 is 2.27 bits per heavy atom. The molecule has 0 aliphatic rings. The fourth-order valence-electron chi connectivity index (χ4n) is 3.72. The van der Waals surface area contributed by atoms with Crippen LogP contribution < -0.4 is 4.72 Å². The zero-order valence-corrected chi connectivity index (χ0v) is 19.7. The van der Waals surface area contributed by atoms with Crippen molar-refractivity contribution >= 4 is 16.0 Å². The average Bonchev–Trinajstić information content (AvgIpc) is 3.18. The van der Waals surface area contributed by atoms with E-state index in [9.17, 15) is 8.42 Å². The van der Waals surface area contributed by atoms with Crippen molar-refractivity contribution in [3.8, 4) is 11.1 Å². The molecule has 7 nitrogen and oxygen atoms in total. The van der Waals surface area contributed by atoms with Gasteiger partial charge in [-0.25, -0.2) is 28.1 Å². The predicted octanol–water partition coefficient (Wildman–Crippen LogP) is 4.70. The topological polar surface area (TPSA) is 89.8 Å². The summed E-state index contributed by atoms with van der Waals surface area (Å²) in [5, 5.41) is 0. The number of benzene rings is 2. The number of hydrogen-bond acceptors (Lipinski definition) is 5. The molecule has 0 radical (unpaired) electrons. The SMILES string of the molecule is Cc1nccn1Cc1ccc(-c2cc(CC(C)C)ccc2S(=O)(=O)Nc2ncccn2)cc1. The second kappa shape index (κ2) is 9.54. The Balaban J connectivity index is 1.71. The molecule has 0 fully saturated rings. The summed E-state index contributed by atoms with van der Waals surface area (Å²) in [7, 11) is -3.88. The van der Waals surface area contributed by atoms with Gasteiger partial charge in [0.1, 0.15) is 5.82 Å². The molecule has 2 heterocycles. The van der Waals surface area contributed by atoms with Gasteiger partial charge in [0.2, 0.25) is 5.95 Å². The van der Waals surface area contributed by atoms with Crippen LogP contribution in [0, 0.1) is 12.8 Å². The number of rotatable bonds is 8. The summed E-state index contributed by atoms with van der Waals surface area (Å²) in [5.74, 6) is 1.45. The molecule has 1 N–H and O–H groups in total. The van der Waals surface area contributed by atoms with Crippen LogP contribution in [-0.2, 0) is 23.0 Å². The summed E-state index contributed by atoms with van der Waals surface area (Å²) < 4.78 is 31.0. The molecule has 4 rings (SSSR count). The molecule has 33 heavy (non-hydrogen) atoms. The highest BCUT2D eigenvalue weighted by Gasteiger charge is 2.21. The van der Waals surface area contributed by atoms with Gasteiger partial charge in [-0.3, -0.25) is 0 Å². The van der Waals surface area contributed by atoms with E-state index in [-0.39, 0.29) is 10.8 Å². The number of anilines is 1. The number of hydrogen-bond donors (Lipinski definition) is 1. The molecule has 0 saturated heterocycles. The van der Waals surface area contributed by atoms with Crippen molar-refractivity contribution in [2.75, 3.05) is 4.72 Å². The lowest BCUT2D eigenvalue weighted by Gasteiger charge is -2.15. The third-order valence-corrected chi connectivity index (χ3v) is 6.70. The molecule has 0 amide bonds. The average molecular weight is 462 g/mol. The maximum atomic E-state index is 13.2. The lowest BCUT2D eigenvalue weighted by molar-refractivity contribution is 0.601. The lowest BCUT2D eigenvalue weighted by Crippen LogP contribution is -2.16. The van der Waals surface area contributed by atoms with E-state index in [0.717, 1.165) is 28.9 Å². The van der Waals surface area contributed by atoms with Crippen LogP contribution in [0.5, 0.6) is 0 Å². The maximum absolute atomic E-state index is 13.2. The van der Waals surface area contributed by atoms with Crippen molar-refractivity contribution in [2.45, 2.75) is 38.6 Å². The molecular weight excluding hydrogens is 434 g/mol. The molecule has 170 valence electrons. The van der Waals surface area contributed by atoms with Crippen LogP contribution in [-0.4, -0.2) is 27.9 Å². The minimum absolute atomic E-state index is 0.0424. The van der Waals surface area contributed by atoms with Gasteiger partial charge in [-0.05, 0) is 54.2 Å². The van der Waals surface area contributed by atoms with Crippen LogP contribution >= 0.6 is 0 Å². The minimum atomic E-state index is -3.88. The summed E-state index contributed by atoms with van der Waals surface area (Å²) in [6, 6.07) is 15.1. The molecule has 0 spiro atoms. The second-order valence-corrected chi connectivity index (χ2v) is 10.1. The van der Waals surface area contributed by atoms with E-state index in [2.05, 4.69) is 38.1 Å². The van der Waals surface area contributed by atoms with E-state index in [1.807, 2.05) is 49.5 Å². The molecule has 0 saturated carbocycles. The van der Waals surface area contributed by atoms with Gasteiger partial charge in [0.15, 0.2) is 0 Å². The van der Waals surface area contributed by atoms with E-state index in [0.29, 0.717) is 18.0 Å². The monoisotopic (exact) mass is 461 g/mol. The first-order valence-corrected chi connectivity index (χ1v) is 12.3. The number of sulfonamides is 1. The highest BCUT2D eigenvalue weighted by atomic mass is 32.2. The van der Waals surface area contributed by atoms with E-state index < -0.39 is 10.0 Å². The van der Waals surface area contributed by atoms with E-state index in [4.69, 9.17) is 0 Å². The van der Waals surface area contributed by atoms with E-state index >= 15 is 0 Å². The van der Waals surface area contributed by atoms with Crippen LogP contribution in [0.3, 0.4) is 0 Å². The highest BCUT2D eigenvalue weighted by Crippen LogP contribution is 2.31. The zero-order chi connectivity index (χ0) is 23.4. The molecule has 0 atom stereocenters. The molecule has 4 aromatic rings. The molecule has 0 bridgehead atoms. The summed E-state index contributed by atoms with van der Waals surface area (Å²) in [4.78, 5) is 12.4. The quantitative estimate of drug-likeness (QED) is 0.411. The van der Waals surface area contributed by atoms with Crippen molar-refractivity contribution in [3.05, 3.63) is 90.3 Å². The van der Waals surface area contributed by atoms with Gasteiger partial charge < -0.3 is 4.57 Å². The van der Waals surface area contributed by atoms with Crippen LogP contribution in [0.1, 0.15) is 30.8 Å². The largest absolute Gasteiger partial charge is 0.331 e. The van der Waals surface area contributed by atoms with Gasteiger partial charge in [0.05, 0.1) is 4.90 Å². The van der Waals surface area contributed by atoms with Gasteiger partial charge >= 0.3 is 0 Å². The molecule has 8 heteroatoms. The maximum Gasteiger partial charge on any atom is 0.264 e. The smallest absolute Gasteiger partial charge is 0.264 e. The van der Waals surface area contributed by atoms with E-state index in [1.54, 1.807) is 18.3 Å². The van der Waals surface area contributed by atoms with Crippen molar-refractivity contribution < 1.29 is 8.42 Å². The standard InChI is InChI=1S/C25H27N5O2S/c1-18(2)15-21-7-10-24(33(31,32)29-25-27-11-4-12-28-25)23(16-21)22-8-5-20(6-9-22)17-30-14-13-26-19(30)3/h4-14,16,18H,15,17H2,1-3H3,(H,27,28,29). The number of aryl methyl sites for hydroxylation is 1. The Bertz CT molecular complexity index is 1330.